The first-order chi connectivity index (χ1) is 10.1. The van der Waals surface area contributed by atoms with Crippen LogP contribution in [-0.4, -0.2) is 47.7 Å². The normalized spacial score (nSPS) is 34.6. The van der Waals surface area contributed by atoms with Gasteiger partial charge in [-0.25, -0.2) is 0 Å². The number of aliphatic hydroxyl groups is 1. The van der Waals surface area contributed by atoms with E-state index in [0.29, 0.717) is 30.5 Å². The molecule has 0 bridgehead atoms. The lowest BCUT2D eigenvalue weighted by molar-refractivity contribution is -0.124. The predicted molar refractivity (Wildman–Crippen MR) is 85.0 cm³/mol. The molecule has 1 heterocycles. The number of amides is 1. The molecule has 0 radical (unpaired) electrons. The number of carbonyl (C=O) groups is 1. The molecule has 1 aliphatic heterocycles. The topological polar surface area (TPSA) is 52.6 Å². The van der Waals surface area contributed by atoms with Crippen LogP contribution in [0.4, 0.5) is 0 Å². The summed E-state index contributed by atoms with van der Waals surface area (Å²) in [5, 5.41) is 12.4. The molecule has 0 aromatic rings. The van der Waals surface area contributed by atoms with E-state index < -0.39 is 0 Å². The number of nitrogens with zero attached hydrogens (tertiary/aromatic N) is 1. The highest BCUT2D eigenvalue weighted by Crippen LogP contribution is 2.29. The molecule has 4 unspecified atom stereocenters. The lowest BCUT2D eigenvalue weighted by Crippen LogP contribution is -2.50. The Hall–Kier alpha value is -0.610. The Morgan fingerprint density at radius 3 is 2.76 bits per heavy atom. The number of rotatable bonds is 5. The molecule has 2 N–H and O–H groups in total. The molecule has 0 aromatic heterocycles. The van der Waals surface area contributed by atoms with Gasteiger partial charge in [-0.15, -0.1) is 0 Å². The Balaban J connectivity index is 1.82. The van der Waals surface area contributed by atoms with Crippen LogP contribution in [0.5, 0.6) is 0 Å². The van der Waals surface area contributed by atoms with Crippen LogP contribution in [0.2, 0.25) is 0 Å². The summed E-state index contributed by atoms with van der Waals surface area (Å²) < 4.78 is 0. The Labute approximate surface area is 129 Å². The summed E-state index contributed by atoms with van der Waals surface area (Å²) in [6.07, 6.45) is 7.95. The quantitative estimate of drug-likeness (QED) is 0.817. The number of piperidine rings is 1. The molecule has 2 aliphatic rings. The molecule has 1 amide bonds. The predicted octanol–water partition coefficient (Wildman–Crippen LogP) is 2.16. The first kappa shape index (κ1) is 16.8. The van der Waals surface area contributed by atoms with Crippen molar-refractivity contribution >= 4 is 5.91 Å². The average Bonchev–Trinajstić information content (AvgIpc) is 2.46. The summed E-state index contributed by atoms with van der Waals surface area (Å²) in [5.41, 5.74) is 0. The lowest BCUT2D eigenvalue weighted by atomic mass is 9.78. The highest BCUT2D eigenvalue weighted by molar-refractivity contribution is 5.78. The minimum absolute atomic E-state index is 0.172. The van der Waals surface area contributed by atoms with Crippen LogP contribution >= 0.6 is 0 Å². The van der Waals surface area contributed by atoms with Gasteiger partial charge in [0.2, 0.25) is 5.91 Å². The molecular formula is C17H32N2O2. The number of hydrogen-bond donors (Lipinski definition) is 2. The second-order valence-electron chi connectivity index (χ2n) is 7.07. The molecule has 0 spiro atoms. The van der Waals surface area contributed by atoms with E-state index in [1.165, 1.54) is 25.7 Å². The Kier molecular flexibility index (Phi) is 6.49. The average molecular weight is 296 g/mol. The van der Waals surface area contributed by atoms with Crippen molar-refractivity contribution in [2.24, 2.45) is 11.8 Å². The molecule has 0 aromatic carbocycles. The molecule has 1 saturated carbocycles. The standard InChI is InChI=1S/C17H32N2O2/c1-13-6-5-8-16(14(13)2)18-17(21)12-19-10-4-3-7-15(19)9-11-20/h13-16,20H,3-12H2,1-2H3,(H,18,21). The molecular weight excluding hydrogens is 264 g/mol. The summed E-state index contributed by atoms with van der Waals surface area (Å²) >= 11 is 0. The van der Waals surface area contributed by atoms with Crippen molar-refractivity contribution in [3.63, 3.8) is 0 Å². The van der Waals surface area contributed by atoms with Crippen molar-refractivity contribution in [3.8, 4) is 0 Å². The Morgan fingerprint density at radius 1 is 1.19 bits per heavy atom. The smallest absolute Gasteiger partial charge is 0.234 e. The summed E-state index contributed by atoms with van der Waals surface area (Å²) in [4.78, 5) is 14.6. The molecule has 2 fully saturated rings. The maximum atomic E-state index is 12.4. The Bertz CT molecular complexity index is 333. The van der Waals surface area contributed by atoms with Crippen LogP contribution in [0.3, 0.4) is 0 Å². The van der Waals surface area contributed by atoms with Crippen LogP contribution in [0.15, 0.2) is 0 Å². The van der Waals surface area contributed by atoms with Crippen LogP contribution in [0.25, 0.3) is 0 Å². The fourth-order valence-electron chi connectivity index (χ4n) is 3.97. The van der Waals surface area contributed by atoms with Gasteiger partial charge in [-0.1, -0.05) is 33.1 Å². The summed E-state index contributed by atoms with van der Waals surface area (Å²) in [6.45, 7) is 6.28. The maximum absolute atomic E-state index is 12.4. The number of nitrogens with one attached hydrogen (secondary N) is 1. The van der Waals surface area contributed by atoms with Gasteiger partial charge in [0.15, 0.2) is 0 Å². The maximum Gasteiger partial charge on any atom is 0.234 e. The molecule has 21 heavy (non-hydrogen) atoms. The third kappa shape index (κ3) is 4.68. The van der Waals surface area contributed by atoms with Crippen molar-refractivity contribution < 1.29 is 9.90 Å². The van der Waals surface area contributed by atoms with E-state index in [1.807, 2.05) is 0 Å². The van der Waals surface area contributed by atoms with Crippen molar-refractivity contribution in [1.82, 2.24) is 10.2 Å². The summed E-state index contributed by atoms with van der Waals surface area (Å²) in [6, 6.07) is 0.736. The molecule has 4 atom stereocenters. The van der Waals surface area contributed by atoms with E-state index >= 15 is 0 Å². The number of likely N-dealkylation sites (tertiary alicyclic amines) is 1. The van der Waals surface area contributed by atoms with Crippen LogP contribution < -0.4 is 5.32 Å². The number of aliphatic hydroxyl groups excluding tert-OH is 1. The van der Waals surface area contributed by atoms with E-state index in [-0.39, 0.29) is 12.5 Å². The van der Waals surface area contributed by atoms with Gasteiger partial charge in [0.25, 0.3) is 0 Å². The zero-order chi connectivity index (χ0) is 15.2. The first-order valence-electron chi connectivity index (χ1n) is 8.76. The van der Waals surface area contributed by atoms with Gasteiger partial charge < -0.3 is 10.4 Å². The van der Waals surface area contributed by atoms with Crippen molar-refractivity contribution in [2.75, 3.05) is 19.7 Å². The van der Waals surface area contributed by atoms with Gasteiger partial charge >= 0.3 is 0 Å². The molecule has 122 valence electrons. The zero-order valence-electron chi connectivity index (χ0n) is 13.7. The van der Waals surface area contributed by atoms with Crippen molar-refractivity contribution in [1.29, 1.82) is 0 Å². The molecule has 2 rings (SSSR count). The monoisotopic (exact) mass is 296 g/mol. The van der Waals surface area contributed by atoms with Gasteiger partial charge in [-0.05, 0) is 44.1 Å². The Morgan fingerprint density at radius 2 is 2.00 bits per heavy atom. The van der Waals surface area contributed by atoms with E-state index in [0.717, 1.165) is 25.8 Å². The van der Waals surface area contributed by atoms with E-state index in [4.69, 9.17) is 5.11 Å². The lowest BCUT2D eigenvalue weighted by Gasteiger charge is -2.37. The molecule has 4 nitrogen and oxygen atoms in total. The van der Waals surface area contributed by atoms with Gasteiger partial charge in [0.1, 0.15) is 0 Å². The van der Waals surface area contributed by atoms with Crippen molar-refractivity contribution in [2.45, 2.75) is 70.9 Å². The highest BCUT2D eigenvalue weighted by Gasteiger charge is 2.29. The second kappa shape index (κ2) is 8.14. The zero-order valence-corrected chi connectivity index (χ0v) is 13.7. The summed E-state index contributed by atoms with van der Waals surface area (Å²) in [5.74, 6) is 1.46. The number of carbonyl (C=O) groups excluding carboxylic acids is 1. The second-order valence-corrected chi connectivity index (χ2v) is 7.07. The largest absolute Gasteiger partial charge is 0.396 e. The van der Waals surface area contributed by atoms with Crippen LogP contribution in [0.1, 0.15) is 58.8 Å². The minimum Gasteiger partial charge on any atom is -0.396 e. The SMILES string of the molecule is CC1CCCC(NC(=O)CN2CCCCC2CCO)C1C. The minimum atomic E-state index is 0.172. The summed E-state index contributed by atoms with van der Waals surface area (Å²) in [7, 11) is 0. The molecule has 1 aliphatic carbocycles. The molecule has 1 saturated heterocycles. The van der Waals surface area contributed by atoms with E-state index in [2.05, 4.69) is 24.1 Å². The van der Waals surface area contributed by atoms with Gasteiger partial charge in [-0.2, -0.15) is 0 Å². The van der Waals surface area contributed by atoms with Crippen molar-refractivity contribution in [3.05, 3.63) is 0 Å². The van der Waals surface area contributed by atoms with Gasteiger partial charge in [0, 0.05) is 18.7 Å². The highest BCUT2D eigenvalue weighted by atomic mass is 16.3. The fraction of sp³-hybridized carbons (Fsp3) is 0.941. The van der Waals surface area contributed by atoms with Gasteiger partial charge in [-0.3, -0.25) is 9.69 Å². The van der Waals surface area contributed by atoms with E-state index in [1.54, 1.807) is 0 Å². The first-order valence-corrected chi connectivity index (χ1v) is 8.76. The number of hydrogen-bond acceptors (Lipinski definition) is 3. The van der Waals surface area contributed by atoms with Crippen LogP contribution in [-0.2, 0) is 4.79 Å². The third-order valence-electron chi connectivity index (χ3n) is 5.61. The van der Waals surface area contributed by atoms with Crippen LogP contribution in [0, 0.1) is 11.8 Å². The molecule has 4 heteroatoms. The fourth-order valence-corrected chi connectivity index (χ4v) is 3.97. The van der Waals surface area contributed by atoms with Gasteiger partial charge in [0.05, 0.1) is 6.54 Å². The third-order valence-corrected chi connectivity index (χ3v) is 5.61. The van der Waals surface area contributed by atoms with E-state index in [9.17, 15) is 4.79 Å².